The third kappa shape index (κ3) is 3.52. The van der Waals surface area contributed by atoms with Crippen LogP contribution in [0, 0.1) is 11.3 Å². The molecule has 1 aromatic rings. The van der Waals surface area contributed by atoms with E-state index in [1.807, 2.05) is 0 Å². The minimum atomic E-state index is -4.53. The van der Waals surface area contributed by atoms with Crippen molar-refractivity contribution in [3.05, 3.63) is 27.7 Å². The number of benzene rings is 1. The summed E-state index contributed by atoms with van der Waals surface area (Å²) in [7, 11) is 0. The van der Waals surface area contributed by atoms with E-state index in [0.717, 1.165) is 12.1 Å². The van der Waals surface area contributed by atoms with Gasteiger partial charge in [-0.3, -0.25) is 5.43 Å². The second kappa shape index (κ2) is 5.46. The molecule has 0 aliphatic carbocycles. The molecule has 8 heteroatoms. The predicted octanol–water partition coefficient (Wildman–Crippen LogP) is 4.32. The third-order valence-electron chi connectivity index (χ3n) is 1.87. The number of anilines is 1. The standard InChI is InChI=1S/C10H6Cl2F3N3/c1-5(4-16)17-18-9-7(11)2-6(3-8(9)12)10(13,14)15/h2-3,18H,1H3. The quantitative estimate of drug-likeness (QED) is 0.652. The summed E-state index contributed by atoms with van der Waals surface area (Å²) in [6, 6.07) is 3.19. The minimum Gasteiger partial charge on any atom is -0.275 e. The van der Waals surface area contributed by atoms with E-state index in [1.165, 1.54) is 6.92 Å². The Hall–Kier alpha value is -1.45. The van der Waals surface area contributed by atoms with E-state index in [-0.39, 0.29) is 21.4 Å². The van der Waals surface area contributed by atoms with Crippen molar-refractivity contribution in [2.75, 3.05) is 5.43 Å². The Kier molecular flexibility index (Phi) is 4.43. The number of nitrogens with zero attached hydrogens (tertiary/aromatic N) is 2. The Labute approximate surface area is 111 Å². The van der Waals surface area contributed by atoms with Crippen LogP contribution in [-0.4, -0.2) is 5.71 Å². The summed E-state index contributed by atoms with van der Waals surface area (Å²) in [5.74, 6) is 0. The summed E-state index contributed by atoms with van der Waals surface area (Å²) in [5.41, 5.74) is 1.49. The molecule has 18 heavy (non-hydrogen) atoms. The van der Waals surface area contributed by atoms with E-state index in [1.54, 1.807) is 6.07 Å². The van der Waals surface area contributed by atoms with Gasteiger partial charge in [-0.2, -0.15) is 23.5 Å². The van der Waals surface area contributed by atoms with Crippen molar-refractivity contribution in [2.45, 2.75) is 13.1 Å². The molecule has 0 saturated carbocycles. The molecule has 0 radical (unpaired) electrons. The smallest absolute Gasteiger partial charge is 0.275 e. The Morgan fingerprint density at radius 2 is 1.83 bits per heavy atom. The molecule has 0 heterocycles. The zero-order valence-electron chi connectivity index (χ0n) is 8.94. The van der Waals surface area contributed by atoms with Crippen molar-refractivity contribution in [1.82, 2.24) is 0 Å². The van der Waals surface area contributed by atoms with Gasteiger partial charge in [0.25, 0.3) is 0 Å². The van der Waals surface area contributed by atoms with E-state index in [4.69, 9.17) is 28.5 Å². The van der Waals surface area contributed by atoms with Crippen LogP contribution < -0.4 is 5.43 Å². The Morgan fingerprint density at radius 3 is 2.22 bits per heavy atom. The molecule has 0 unspecified atom stereocenters. The second-order valence-electron chi connectivity index (χ2n) is 3.23. The van der Waals surface area contributed by atoms with Crippen LogP contribution in [0.2, 0.25) is 10.0 Å². The SMILES string of the molecule is CC(C#N)=NNc1c(Cl)cc(C(F)(F)F)cc1Cl. The largest absolute Gasteiger partial charge is 0.416 e. The molecule has 0 spiro atoms. The highest BCUT2D eigenvalue weighted by Gasteiger charge is 2.32. The van der Waals surface area contributed by atoms with E-state index in [9.17, 15) is 13.2 Å². The number of hydrazone groups is 1. The zero-order valence-corrected chi connectivity index (χ0v) is 10.5. The van der Waals surface area contributed by atoms with E-state index in [2.05, 4.69) is 10.5 Å². The van der Waals surface area contributed by atoms with Crippen LogP contribution in [0.25, 0.3) is 0 Å². The average molecular weight is 296 g/mol. The zero-order chi connectivity index (χ0) is 13.9. The lowest BCUT2D eigenvalue weighted by Gasteiger charge is -2.11. The molecule has 3 nitrogen and oxygen atoms in total. The molecule has 0 saturated heterocycles. The fourth-order valence-corrected chi connectivity index (χ4v) is 1.58. The fourth-order valence-electron chi connectivity index (χ4n) is 1.01. The van der Waals surface area contributed by atoms with E-state index >= 15 is 0 Å². The highest BCUT2D eigenvalue weighted by Crippen LogP contribution is 2.38. The van der Waals surface area contributed by atoms with Gasteiger partial charge < -0.3 is 0 Å². The van der Waals surface area contributed by atoms with Crippen molar-refractivity contribution in [1.29, 1.82) is 5.26 Å². The lowest BCUT2D eigenvalue weighted by atomic mass is 10.2. The van der Waals surface area contributed by atoms with Crippen LogP contribution in [-0.2, 0) is 6.18 Å². The summed E-state index contributed by atoms with van der Waals surface area (Å²) in [4.78, 5) is 0. The molecule has 1 aromatic carbocycles. The van der Waals surface area contributed by atoms with Gasteiger partial charge in [-0.05, 0) is 19.1 Å². The number of hydrogen-bond donors (Lipinski definition) is 1. The van der Waals surface area contributed by atoms with Crippen molar-refractivity contribution in [3.8, 4) is 6.07 Å². The number of halogens is 5. The summed E-state index contributed by atoms with van der Waals surface area (Å²) >= 11 is 11.3. The maximum atomic E-state index is 12.4. The molecular weight excluding hydrogens is 290 g/mol. The second-order valence-corrected chi connectivity index (χ2v) is 4.05. The molecule has 0 aliphatic rings. The predicted molar refractivity (Wildman–Crippen MR) is 63.8 cm³/mol. The van der Waals surface area contributed by atoms with Crippen LogP contribution in [0.5, 0.6) is 0 Å². The van der Waals surface area contributed by atoms with Gasteiger partial charge in [0.1, 0.15) is 11.8 Å². The average Bonchev–Trinajstić information content (AvgIpc) is 2.26. The van der Waals surface area contributed by atoms with E-state index in [0.29, 0.717) is 0 Å². The van der Waals surface area contributed by atoms with Gasteiger partial charge in [0, 0.05) is 0 Å². The third-order valence-corrected chi connectivity index (χ3v) is 2.46. The summed E-state index contributed by atoms with van der Waals surface area (Å²) in [6.45, 7) is 1.42. The molecule has 0 aromatic heterocycles. The number of nitriles is 1. The van der Waals surface area contributed by atoms with E-state index < -0.39 is 11.7 Å². The molecule has 0 aliphatic heterocycles. The normalized spacial score (nSPS) is 12.2. The lowest BCUT2D eigenvalue weighted by Crippen LogP contribution is -2.06. The first-order valence-electron chi connectivity index (χ1n) is 4.52. The summed E-state index contributed by atoms with van der Waals surface area (Å²) in [5, 5.41) is 11.6. The van der Waals surface area contributed by atoms with Crippen molar-refractivity contribution >= 4 is 34.6 Å². The first kappa shape index (κ1) is 14.6. The molecule has 1 N–H and O–H groups in total. The van der Waals surface area contributed by atoms with Gasteiger partial charge in [0.05, 0.1) is 21.3 Å². The van der Waals surface area contributed by atoms with Gasteiger partial charge in [-0.15, -0.1) is 0 Å². The summed E-state index contributed by atoms with van der Waals surface area (Å²) < 4.78 is 37.3. The summed E-state index contributed by atoms with van der Waals surface area (Å²) in [6.07, 6.45) is -4.53. The maximum Gasteiger partial charge on any atom is 0.416 e. The van der Waals surface area contributed by atoms with Gasteiger partial charge in [0.15, 0.2) is 0 Å². The van der Waals surface area contributed by atoms with Crippen LogP contribution in [0.4, 0.5) is 18.9 Å². The van der Waals surface area contributed by atoms with Crippen molar-refractivity contribution in [3.63, 3.8) is 0 Å². The van der Waals surface area contributed by atoms with Crippen molar-refractivity contribution in [2.24, 2.45) is 5.10 Å². The molecule has 1 rings (SSSR count). The fraction of sp³-hybridized carbons (Fsp3) is 0.200. The molecule has 0 fully saturated rings. The highest BCUT2D eigenvalue weighted by atomic mass is 35.5. The Morgan fingerprint density at radius 1 is 1.33 bits per heavy atom. The monoisotopic (exact) mass is 295 g/mol. The first-order chi connectivity index (χ1) is 8.25. The number of alkyl halides is 3. The van der Waals surface area contributed by atoms with Crippen LogP contribution >= 0.6 is 23.2 Å². The van der Waals surface area contributed by atoms with Crippen LogP contribution in [0.3, 0.4) is 0 Å². The van der Waals surface area contributed by atoms with Gasteiger partial charge in [0.2, 0.25) is 0 Å². The lowest BCUT2D eigenvalue weighted by molar-refractivity contribution is -0.137. The Balaban J connectivity index is 3.15. The minimum absolute atomic E-state index is 0.0148. The molecule has 0 atom stereocenters. The van der Waals surface area contributed by atoms with Gasteiger partial charge >= 0.3 is 6.18 Å². The maximum absolute atomic E-state index is 12.4. The van der Waals surface area contributed by atoms with Crippen LogP contribution in [0.15, 0.2) is 17.2 Å². The topological polar surface area (TPSA) is 48.2 Å². The number of rotatable bonds is 2. The first-order valence-corrected chi connectivity index (χ1v) is 5.28. The number of hydrogen-bond acceptors (Lipinski definition) is 3. The molecule has 0 amide bonds. The van der Waals surface area contributed by atoms with Crippen molar-refractivity contribution < 1.29 is 13.2 Å². The van der Waals surface area contributed by atoms with Gasteiger partial charge in [-0.1, -0.05) is 23.2 Å². The van der Waals surface area contributed by atoms with Gasteiger partial charge in [-0.25, -0.2) is 0 Å². The molecule has 0 bridgehead atoms. The Bertz CT molecular complexity index is 509. The molecular formula is C10H6Cl2F3N3. The number of nitrogens with one attached hydrogen (secondary N) is 1. The molecule has 96 valence electrons. The van der Waals surface area contributed by atoms with Crippen LogP contribution in [0.1, 0.15) is 12.5 Å². The highest BCUT2D eigenvalue weighted by molar-refractivity contribution is 6.39.